The van der Waals surface area contributed by atoms with Crippen molar-refractivity contribution in [1.29, 1.82) is 0 Å². The maximum atomic E-state index is 12.4. The van der Waals surface area contributed by atoms with Crippen LogP contribution in [-0.2, 0) is 9.47 Å². The normalized spacial score (nSPS) is 14.9. The summed E-state index contributed by atoms with van der Waals surface area (Å²) in [6.07, 6.45) is 2.51. The van der Waals surface area contributed by atoms with Gasteiger partial charge in [-0.05, 0) is 56.5 Å². The van der Waals surface area contributed by atoms with Crippen LogP contribution in [0.2, 0.25) is 5.02 Å². The van der Waals surface area contributed by atoms with Crippen LogP contribution in [0.15, 0.2) is 24.3 Å². The Balaban J connectivity index is 1.87. The van der Waals surface area contributed by atoms with E-state index in [4.69, 9.17) is 21.1 Å². The quantitative estimate of drug-likeness (QED) is 0.758. The number of amides is 1. The highest BCUT2D eigenvalue weighted by Gasteiger charge is 2.25. The molecule has 144 valence electrons. The number of benzene rings is 1. The largest absolute Gasteiger partial charge is 0.464 e. The van der Waals surface area contributed by atoms with Crippen LogP contribution in [-0.4, -0.2) is 47.7 Å². The van der Waals surface area contributed by atoms with Gasteiger partial charge in [0.25, 0.3) is 0 Å². The lowest BCUT2D eigenvalue weighted by Crippen LogP contribution is -2.39. The fourth-order valence-electron chi connectivity index (χ4n) is 3.03. The summed E-state index contributed by atoms with van der Waals surface area (Å²) in [5.41, 5.74) is 2.45. The molecule has 0 unspecified atom stereocenters. The Kier molecular flexibility index (Phi) is 5.20. The molecular weight excluding hydrogens is 368 g/mol. The number of esters is 1. The topological polar surface area (TPSA) is 71.6 Å². The molecule has 0 saturated heterocycles. The summed E-state index contributed by atoms with van der Waals surface area (Å²) in [5.74, 6) is -0.447. The summed E-state index contributed by atoms with van der Waals surface area (Å²) in [7, 11) is 1.33. The van der Waals surface area contributed by atoms with Gasteiger partial charge in [0.2, 0.25) is 0 Å². The molecule has 0 spiro atoms. The van der Waals surface area contributed by atoms with Crippen LogP contribution in [0.3, 0.4) is 0 Å². The average Bonchev–Trinajstić information content (AvgIpc) is 3.04. The van der Waals surface area contributed by atoms with Gasteiger partial charge >= 0.3 is 12.1 Å². The van der Waals surface area contributed by atoms with Crippen LogP contribution >= 0.6 is 11.6 Å². The molecule has 0 aliphatic carbocycles. The lowest BCUT2D eigenvalue weighted by atomic mass is 10.0. The molecule has 3 rings (SSSR count). The van der Waals surface area contributed by atoms with Crippen LogP contribution in [0.25, 0.3) is 16.5 Å². The van der Waals surface area contributed by atoms with E-state index >= 15 is 0 Å². The van der Waals surface area contributed by atoms with E-state index in [2.05, 4.69) is 11.1 Å². The monoisotopic (exact) mass is 390 g/mol. The predicted octanol–water partition coefficient (Wildman–Crippen LogP) is 4.63. The molecule has 27 heavy (non-hydrogen) atoms. The van der Waals surface area contributed by atoms with E-state index in [0.29, 0.717) is 23.8 Å². The molecule has 1 aliphatic heterocycles. The first-order valence-electron chi connectivity index (χ1n) is 8.76. The first-order chi connectivity index (χ1) is 12.7. The average molecular weight is 391 g/mol. The standard InChI is InChI=1S/C20H23ClN2O4/c1-20(2,3)27-19(25)23-7-5-6-12(11-23)13-8-15(21)14-10-17(18(24)26-4)22-16(14)9-13/h6,8-10,22H,5,7,11H2,1-4H3. The molecule has 1 amide bonds. The number of rotatable bonds is 2. The molecule has 0 radical (unpaired) electrons. The highest BCUT2D eigenvalue weighted by Crippen LogP contribution is 2.31. The van der Waals surface area contributed by atoms with Gasteiger partial charge in [0.15, 0.2) is 0 Å². The summed E-state index contributed by atoms with van der Waals surface area (Å²) < 4.78 is 10.2. The Morgan fingerprint density at radius 1 is 1.22 bits per heavy atom. The van der Waals surface area contributed by atoms with Gasteiger partial charge in [0.1, 0.15) is 11.3 Å². The molecule has 0 bridgehead atoms. The van der Waals surface area contributed by atoms with Crippen LogP contribution in [0, 0.1) is 0 Å². The summed E-state index contributed by atoms with van der Waals surface area (Å²) >= 11 is 6.42. The van der Waals surface area contributed by atoms with Gasteiger partial charge < -0.3 is 19.4 Å². The van der Waals surface area contributed by atoms with Gasteiger partial charge in [-0.3, -0.25) is 0 Å². The van der Waals surface area contributed by atoms with Crippen molar-refractivity contribution in [2.45, 2.75) is 32.8 Å². The zero-order valence-electron chi connectivity index (χ0n) is 15.9. The van der Waals surface area contributed by atoms with Crippen molar-refractivity contribution in [2.75, 3.05) is 20.2 Å². The van der Waals surface area contributed by atoms with E-state index in [1.807, 2.05) is 32.9 Å². The minimum absolute atomic E-state index is 0.326. The third-order valence-corrected chi connectivity index (χ3v) is 4.58. The van der Waals surface area contributed by atoms with Crippen molar-refractivity contribution in [1.82, 2.24) is 9.88 Å². The maximum absolute atomic E-state index is 12.4. The van der Waals surface area contributed by atoms with E-state index in [-0.39, 0.29) is 6.09 Å². The highest BCUT2D eigenvalue weighted by atomic mass is 35.5. The van der Waals surface area contributed by atoms with Crippen LogP contribution in [0.1, 0.15) is 43.2 Å². The number of carbonyl (C=O) groups is 2. The van der Waals surface area contributed by atoms with Crippen molar-refractivity contribution in [2.24, 2.45) is 0 Å². The Bertz CT molecular complexity index is 924. The lowest BCUT2D eigenvalue weighted by molar-refractivity contribution is 0.0273. The molecule has 7 heteroatoms. The Morgan fingerprint density at radius 2 is 1.96 bits per heavy atom. The number of nitrogens with one attached hydrogen (secondary N) is 1. The second kappa shape index (κ2) is 7.27. The van der Waals surface area contributed by atoms with Gasteiger partial charge in [-0.2, -0.15) is 0 Å². The van der Waals surface area contributed by atoms with E-state index in [9.17, 15) is 9.59 Å². The zero-order chi connectivity index (χ0) is 19.8. The van der Waals surface area contributed by atoms with Crippen LogP contribution in [0.5, 0.6) is 0 Å². The van der Waals surface area contributed by atoms with Gasteiger partial charge in [-0.15, -0.1) is 0 Å². The predicted molar refractivity (Wildman–Crippen MR) is 105 cm³/mol. The third kappa shape index (κ3) is 4.27. The fraction of sp³-hybridized carbons (Fsp3) is 0.400. The molecule has 1 aromatic heterocycles. The lowest BCUT2D eigenvalue weighted by Gasteiger charge is -2.30. The number of hydrogen-bond donors (Lipinski definition) is 1. The number of hydrogen-bond acceptors (Lipinski definition) is 4. The van der Waals surface area contributed by atoms with Crippen LogP contribution in [0.4, 0.5) is 4.79 Å². The number of H-pyrrole nitrogens is 1. The van der Waals surface area contributed by atoms with Gasteiger partial charge in [-0.1, -0.05) is 17.7 Å². The maximum Gasteiger partial charge on any atom is 0.410 e. The third-order valence-electron chi connectivity index (χ3n) is 4.27. The van der Waals surface area contributed by atoms with E-state index < -0.39 is 11.6 Å². The Labute approximate surface area is 163 Å². The van der Waals surface area contributed by atoms with Gasteiger partial charge in [0.05, 0.1) is 12.1 Å². The smallest absolute Gasteiger partial charge is 0.410 e. The van der Waals surface area contributed by atoms with E-state index in [1.54, 1.807) is 11.0 Å². The molecule has 1 aliphatic rings. The van der Waals surface area contributed by atoms with Crippen molar-refractivity contribution in [3.05, 3.63) is 40.6 Å². The molecule has 0 fully saturated rings. The molecule has 1 aromatic carbocycles. The van der Waals surface area contributed by atoms with Gasteiger partial charge in [-0.25, -0.2) is 9.59 Å². The van der Waals surface area contributed by atoms with Crippen LogP contribution < -0.4 is 0 Å². The number of aromatic amines is 1. The van der Waals surface area contributed by atoms with E-state index in [1.165, 1.54) is 7.11 Å². The summed E-state index contributed by atoms with van der Waals surface area (Å²) in [6, 6.07) is 5.46. The van der Waals surface area contributed by atoms with Crippen molar-refractivity contribution >= 4 is 40.1 Å². The number of carbonyl (C=O) groups excluding carboxylic acids is 2. The second-order valence-electron chi connectivity index (χ2n) is 7.51. The second-order valence-corrected chi connectivity index (χ2v) is 7.92. The number of methoxy groups -OCH3 is 1. The summed E-state index contributed by atoms with van der Waals surface area (Å²) in [4.78, 5) is 28.8. The Morgan fingerprint density at radius 3 is 2.63 bits per heavy atom. The molecule has 0 atom stereocenters. The molecular formula is C20H23ClN2O4. The minimum Gasteiger partial charge on any atom is -0.464 e. The molecule has 2 aromatic rings. The van der Waals surface area contributed by atoms with Crippen molar-refractivity contribution in [3.8, 4) is 0 Å². The number of aromatic nitrogens is 1. The summed E-state index contributed by atoms with van der Waals surface area (Å²) in [5, 5.41) is 1.28. The first kappa shape index (κ1) is 19.3. The SMILES string of the molecule is COC(=O)c1cc2c(Cl)cc(C3=CCCN(C(=O)OC(C)(C)C)C3)cc2[nH]1. The van der Waals surface area contributed by atoms with E-state index in [0.717, 1.165) is 28.5 Å². The highest BCUT2D eigenvalue weighted by molar-refractivity contribution is 6.35. The minimum atomic E-state index is -0.533. The molecule has 1 N–H and O–H groups in total. The fourth-order valence-corrected chi connectivity index (χ4v) is 3.31. The summed E-state index contributed by atoms with van der Waals surface area (Å²) in [6.45, 7) is 6.61. The molecule has 6 nitrogen and oxygen atoms in total. The molecule has 0 saturated carbocycles. The number of ether oxygens (including phenoxy) is 2. The van der Waals surface area contributed by atoms with Crippen molar-refractivity contribution in [3.63, 3.8) is 0 Å². The number of nitrogens with zero attached hydrogens (tertiary/aromatic N) is 1. The first-order valence-corrected chi connectivity index (χ1v) is 9.13. The van der Waals surface area contributed by atoms with Crippen molar-refractivity contribution < 1.29 is 19.1 Å². The number of halogens is 1. The Hall–Kier alpha value is -2.47. The zero-order valence-corrected chi connectivity index (χ0v) is 16.6. The molecule has 2 heterocycles. The number of fused-ring (bicyclic) bond motifs is 1. The van der Waals surface area contributed by atoms with Gasteiger partial charge in [0, 0.05) is 24.0 Å².